The van der Waals surface area contributed by atoms with E-state index in [0.717, 1.165) is 19.3 Å². The zero-order valence-electron chi connectivity index (χ0n) is 17.9. The number of fused-ring (bicyclic) bond motifs is 3. The number of methoxy groups -OCH3 is 6. The van der Waals surface area contributed by atoms with E-state index in [1.165, 1.54) is 0 Å². The Balaban J connectivity index is 1.99. The average Bonchev–Trinajstić information content (AvgIpc) is 2.74. The van der Waals surface area contributed by atoms with Crippen molar-refractivity contribution in [3.05, 3.63) is 0 Å². The largest absolute Gasteiger partial charge is 0.379 e. The normalized spacial score (nSPS) is 48.4. The Morgan fingerprint density at radius 1 is 0.571 bits per heavy atom. The van der Waals surface area contributed by atoms with Crippen molar-refractivity contribution < 1.29 is 28.4 Å². The van der Waals surface area contributed by atoms with Gasteiger partial charge in [0.1, 0.15) is 12.2 Å². The van der Waals surface area contributed by atoms with Crippen molar-refractivity contribution in [2.24, 2.45) is 29.6 Å². The zero-order chi connectivity index (χ0) is 20.4. The lowest BCUT2D eigenvalue weighted by atomic mass is 9.52. The van der Waals surface area contributed by atoms with Gasteiger partial charge < -0.3 is 28.4 Å². The van der Waals surface area contributed by atoms with Gasteiger partial charge in [-0.3, -0.25) is 0 Å². The summed E-state index contributed by atoms with van der Waals surface area (Å²) in [6, 6.07) is 2.58. The van der Waals surface area contributed by atoms with E-state index in [1.54, 1.807) is 42.7 Å². The van der Waals surface area contributed by atoms with Gasteiger partial charge in [0.25, 0.3) is 0 Å². The second-order valence-corrected chi connectivity index (χ2v) is 8.36. The summed E-state index contributed by atoms with van der Waals surface area (Å²) >= 11 is 0. The summed E-state index contributed by atoms with van der Waals surface area (Å²) in [7, 11) is 10.3. The second-order valence-electron chi connectivity index (χ2n) is 8.36. The van der Waals surface area contributed by atoms with Crippen LogP contribution in [0.3, 0.4) is 0 Å². The van der Waals surface area contributed by atoms with Gasteiger partial charge in [0.05, 0.1) is 36.4 Å². The van der Waals surface area contributed by atoms with E-state index in [2.05, 4.69) is 6.07 Å². The summed E-state index contributed by atoms with van der Waals surface area (Å²) in [5, 5.41) is 10.0. The molecule has 0 aliphatic heterocycles. The van der Waals surface area contributed by atoms with E-state index in [4.69, 9.17) is 28.4 Å². The Morgan fingerprint density at radius 2 is 1.07 bits per heavy atom. The summed E-state index contributed by atoms with van der Waals surface area (Å²) in [6.45, 7) is 0. The van der Waals surface area contributed by atoms with Crippen LogP contribution in [0.2, 0.25) is 0 Å². The minimum atomic E-state index is -0.171. The first-order valence-corrected chi connectivity index (χ1v) is 10.2. The Kier molecular flexibility index (Phi) is 7.35. The molecule has 0 heterocycles. The highest BCUT2D eigenvalue weighted by atomic mass is 16.6. The molecule has 0 spiro atoms. The third kappa shape index (κ3) is 3.49. The molecule has 11 unspecified atom stereocenters. The van der Waals surface area contributed by atoms with E-state index in [0.29, 0.717) is 5.92 Å². The van der Waals surface area contributed by atoms with Gasteiger partial charge in [-0.25, -0.2) is 0 Å². The lowest BCUT2D eigenvalue weighted by Gasteiger charge is -2.58. The Labute approximate surface area is 168 Å². The molecule has 0 radical (unpaired) electrons. The molecule has 0 saturated heterocycles. The van der Waals surface area contributed by atoms with Gasteiger partial charge >= 0.3 is 0 Å². The second kappa shape index (κ2) is 9.38. The van der Waals surface area contributed by atoms with Crippen LogP contribution in [0.1, 0.15) is 19.3 Å². The van der Waals surface area contributed by atoms with Crippen molar-refractivity contribution >= 4 is 0 Å². The van der Waals surface area contributed by atoms with Gasteiger partial charge in [0, 0.05) is 48.6 Å². The van der Waals surface area contributed by atoms with Crippen molar-refractivity contribution in [3.8, 4) is 6.07 Å². The summed E-state index contributed by atoms with van der Waals surface area (Å²) in [5.41, 5.74) is 0. The lowest BCUT2D eigenvalue weighted by molar-refractivity contribution is -0.227. The van der Waals surface area contributed by atoms with Gasteiger partial charge in [-0.05, 0) is 37.0 Å². The molecule has 160 valence electrons. The van der Waals surface area contributed by atoms with Crippen LogP contribution < -0.4 is 0 Å². The van der Waals surface area contributed by atoms with Gasteiger partial charge in [-0.15, -0.1) is 0 Å². The van der Waals surface area contributed by atoms with Gasteiger partial charge in [-0.2, -0.15) is 5.26 Å². The van der Waals surface area contributed by atoms with Crippen LogP contribution in [0.25, 0.3) is 0 Å². The van der Waals surface area contributed by atoms with Crippen LogP contribution in [-0.2, 0) is 28.4 Å². The fraction of sp³-hybridized carbons (Fsp3) is 0.952. The summed E-state index contributed by atoms with van der Waals surface area (Å²) in [6.07, 6.45) is 1.88. The topological polar surface area (TPSA) is 79.2 Å². The standard InChI is InChI=1S/C21H35NO6/c1-23-15-8-12-13-9-16(24-2)20(27-5)21(28-6)17(13)11(10-22)7-14(12)18(25-3)19(15)26-4/h11-21H,7-9H2,1-6H3. The predicted molar refractivity (Wildman–Crippen MR) is 102 cm³/mol. The lowest BCUT2D eigenvalue weighted by Crippen LogP contribution is -2.63. The fourth-order valence-electron chi connectivity index (χ4n) is 6.52. The van der Waals surface area contributed by atoms with Crippen LogP contribution in [0.5, 0.6) is 0 Å². The number of nitriles is 1. The van der Waals surface area contributed by atoms with Gasteiger partial charge in [0.15, 0.2) is 0 Å². The highest BCUT2D eigenvalue weighted by Gasteiger charge is 2.59. The Hall–Kier alpha value is -0.750. The van der Waals surface area contributed by atoms with Crippen LogP contribution in [0.4, 0.5) is 0 Å². The fourth-order valence-corrected chi connectivity index (χ4v) is 6.52. The van der Waals surface area contributed by atoms with Gasteiger partial charge in [0.2, 0.25) is 0 Å². The van der Waals surface area contributed by atoms with E-state index in [1.807, 2.05) is 0 Å². The monoisotopic (exact) mass is 397 g/mol. The van der Waals surface area contributed by atoms with Crippen LogP contribution in [0, 0.1) is 40.9 Å². The molecule has 0 aromatic rings. The molecule has 11 atom stereocenters. The number of ether oxygens (including phenoxy) is 6. The molecule has 3 fully saturated rings. The SMILES string of the molecule is COC1CC2C(CC(C#N)C3C2CC(OC)C(OC)C3OC)C(OC)C1OC. The summed E-state index contributed by atoms with van der Waals surface area (Å²) in [5.74, 6) is 0.908. The predicted octanol–water partition coefficient (Wildman–Crippen LogP) is 1.89. The molecule has 7 heteroatoms. The number of rotatable bonds is 6. The van der Waals surface area contributed by atoms with E-state index >= 15 is 0 Å². The van der Waals surface area contributed by atoms with Crippen molar-refractivity contribution in [2.45, 2.75) is 55.9 Å². The summed E-state index contributed by atoms with van der Waals surface area (Å²) < 4.78 is 35.0. The van der Waals surface area contributed by atoms with Gasteiger partial charge in [-0.1, -0.05) is 0 Å². The molecule has 28 heavy (non-hydrogen) atoms. The molecule has 3 saturated carbocycles. The molecule has 0 amide bonds. The van der Waals surface area contributed by atoms with E-state index in [-0.39, 0.29) is 60.3 Å². The van der Waals surface area contributed by atoms with E-state index in [9.17, 15) is 5.26 Å². The third-order valence-electron chi connectivity index (χ3n) is 7.64. The molecular weight excluding hydrogens is 362 g/mol. The number of hydrogen-bond acceptors (Lipinski definition) is 7. The molecule has 0 N–H and O–H groups in total. The highest BCUT2D eigenvalue weighted by Crippen LogP contribution is 2.55. The smallest absolute Gasteiger partial charge is 0.110 e. The van der Waals surface area contributed by atoms with Crippen molar-refractivity contribution in [3.63, 3.8) is 0 Å². The number of hydrogen-bond donors (Lipinski definition) is 0. The summed E-state index contributed by atoms with van der Waals surface area (Å²) in [4.78, 5) is 0. The molecule has 3 aliphatic rings. The first-order valence-electron chi connectivity index (χ1n) is 10.2. The molecule has 3 aliphatic carbocycles. The maximum atomic E-state index is 10.0. The first-order chi connectivity index (χ1) is 13.6. The maximum Gasteiger partial charge on any atom is 0.110 e. The first kappa shape index (κ1) is 21.9. The third-order valence-corrected chi connectivity index (χ3v) is 7.64. The quantitative estimate of drug-likeness (QED) is 0.677. The van der Waals surface area contributed by atoms with Crippen molar-refractivity contribution in [1.82, 2.24) is 0 Å². The van der Waals surface area contributed by atoms with Crippen LogP contribution in [0.15, 0.2) is 0 Å². The van der Waals surface area contributed by atoms with Crippen LogP contribution in [-0.4, -0.2) is 79.3 Å². The molecule has 7 nitrogen and oxygen atoms in total. The molecule has 3 rings (SSSR count). The Bertz CT molecular complexity index is 554. The van der Waals surface area contributed by atoms with E-state index < -0.39 is 0 Å². The number of nitrogens with zero attached hydrogens (tertiary/aromatic N) is 1. The minimum absolute atomic E-state index is 0.0300. The molecular formula is C21H35NO6. The van der Waals surface area contributed by atoms with Crippen molar-refractivity contribution in [2.75, 3.05) is 42.7 Å². The zero-order valence-corrected chi connectivity index (χ0v) is 17.9. The molecule has 0 bridgehead atoms. The average molecular weight is 398 g/mol. The van der Waals surface area contributed by atoms with Crippen LogP contribution >= 0.6 is 0 Å². The maximum absolute atomic E-state index is 10.0. The Morgan fingerprint density at radius 3 is 1.54 bits per heavy atom. The minimum Gasteiger partial charge on any atom is -0.379 e. The van der Waals surface area contributed by atoms with Crippen molar-refractivity contribution in [1.29, 1.82) is 5.26 Å². The molecule has 0 aromatic heterocycles. The highest BCUT2D eigenvalue weighted by molar-refractivity contribution is 5.11. The molecule has 0 aromatic carbocycles.